The Hall–Kier alpha value is -2.77. The first-order chi connectivity index (χ1) is 13.7. The van der Waals surface area contributed by atoms with Gasteiger partial charge in [-0.2, -0.15) is 0 Å². The van der Waals surface area contributed by atoms with Gasteiger partial charge in [0.2, 0.25) is 12.7 Å². The van der Waals surface area contributed by atoms with E-state index >= 15 is 0 Å². The van der Waals surface area contributed by atoms with Crippen molar-refractivity contribution in [3.63, 3.8) is 0 Å². The second-order valence-electron chi connectivity index (χ2n) is 8.46. The largest absolute Gasteiger partial charge is 0.454 e. The third-order valence-corrected chi connectivity index (χ3v) is 5.23. The standard InChI is InChI=1S/C21H29N3O5/c1-13(2)5-6-14(3)22-18(25)11-24-19(26)21(4,23-20(24)27)10-15-7-8-16-17(9-15)29-12-28-16/h7-9,13-14H,5-6,10-12H2,1-4H3,(H,22,25)(H,23,27)/t14-,21+/m0/s1. The number of urea groups is 1. The Balaban J connectivity index is 1.60. The Morgan fingerprint density at radius 1 is 1.21 bits per heavy atom. The van der Waals surface area contributed by atoms with Gasteiger partial charge in [-0.15, -0.1) is 0 Å². The van der Waals surface area contributed by atoms with Gasteiger partial charge in [-0.1, -0.05) is 19.9 Å². The Bertz CT molecular complexity index is 810. The Morgan fingerprint density at radius 3 is 2.66 bits per heavy atom. The molecule has 29 heavy (non-hydrogen) atoms. The minimum atomic E-state index is -1.12. The van der Waals surface area contributed by atoms with Crippen LogP contribution in [-0.4, -0.2) is 47.7 Å². The van der Waals surface area contributed by atoms with Crippen LogP contribution in [0.2, 0.25) is 0 Å². The zero-order chi connectivity index (χ0) is 21.2. The summed E-state index contributed by atoms with van der Waals surface area (Å²) in [5.74, 6) is 1.08. The highest BCUT2D eigenvalue weighted by molar-refractivity contribution is 6.08. The van der Waals surface area contributed by atoms with Crippen LogP contribution in [0.15, 0.2) is 18.2 Å². The highest BCUT2D eigenvalue weighted by Gasteiger charge is 2.48. The second-order valence-corrected chi connectivity index (χ2v) is 8.46. The van der Waals surface area contributed by atoms with Crippen molar-refractivity contribution in [1.29, 1.82) is 0 Å². The van der Waals surface area contributed by atoms with Crippen molar-refractivity contribution in [1.82, 2.24) is 15.5 Å². The summed E-state index contributed by atoms with van der Waals surface area (Å²) < 4.78 is 10.7. The van der Waals surface area contributed by atoms with Crippen molar-refractivity contribution < 1.29 is 23.9 Å². The number of hydrogen-bond acceptors (Lipinski definition) is 5. The molecule has 1 aromatic rings. The van der Waals surface area contributed by atoms with E-state index in [-0.39, 0.29) is 31.7 Å². The predicted octanol–water partition coefficient (Wildman–Crippen LogP) is 2.21. The Kier molecular flexibility index (Phi) is 6.00. The lowest BCUT2D eigenvalue weighted by molar-refractivity contribution is -0.134. The van der Waals surface area contributed by atoms with E-state index < -0.39 is 17.5 Å². The summed E-state index contributed by atoms with van der Waals surface area (Å²) >= 11 is 0. The minimum absolute atomic E-state index is 0.00863. The summed E-state index contributed by atoms with van der Waals surface area (Å²) in [6.07, 6.45) is 2.14. The van der Waals surface area contributed by atoms with Crippen LogP contribution in [0.25, 0.3) is 0 Å². The molecule has 8 nitrogen and oxygen atoms in total. The van der Waals surface area contributed by atoms with Crippen LogP contribution < -0.4 is 20.1 Å². The van der Waals surface area contributed by atoms with Crippen molar-refractivity contribution in [2.75, 3.05) is 13.3 Å². The van der Waals surface area contributed by atoms with E-state index in [0.29, 0.717) is 17.4 Å². The van der Waals surface area contributed by atoms with Crippen molar-refractivity contribution >= 4 is 17.8 Å². The topological polar surface area (TPSA) is 97.0 Å². The third-order valence-electron chi connectivity index (χ3n) is 5.23. The van der Waals surface area contributed by atoms with Crippen molar-refractivity contribution in [3.05, 3.63) is 23.8 Å². The molecule has 0 radical (unpaired) electrons. The zero-order valence-corrected chi connectivity index (χ0v) is 17.4. The molecule has 0 spiro atoms. The highest BCUT2D eigenvalue weighted by atomic mass is 16.7. The van der Waals surface area contributed by atoms with E-state index in [4.69, 9.17) is 9.47 Å². The number of rotatable bonds is 8. The summed E-state index contributed by atoms with van der Waals surface area (Å²) in [6.45, 7) is 7.74. The maximum Gasteiger partial charge on any atom is 0.325 e. The molecule has 0 aromatic heterocycles. The SMILES string of the molecule is CC(C)CC[C@H](C)NC(=O)CN1C(=O)N[C@](C)(Cc2ccc3c(c2)OCO3)C1=O. The van der Waals surface area contributed by atoms with E-state index in [1.54, 1.807) is 19.1 Å². The van der Waals surface area contributed by atoms with Crippen LogP contribution in [-0.2, 0) is 16.0 Å². The Labute approximate surface area is 170 Å². The monoisotopic (exact) mass is 403 g/mol. The number of nitrogens with one attached hydrogen (secondary N) is 2. The number of amides is 4. The van der Waals surface area contributed by atoms with E-state index in [1.807, 2.05) is 13.0 Å². The molecular weight excluding hydrogens is 374 g/mol. The summed E-state index contributed by atoms with van der Waals surface area (Å²) in [4.78, 5) is 38.6. The van der Waals surface area contributed by atoms with E-state index in [0.717, 1.165) is 23.3 Å². The molecule has 1 saturated heterocycles. The van der Waals surface area contributed by atoms with Crippen molar-refractivity contribution in [2.24, 2.45) is 5.92 Å². The van der Waals surface area contributed by atoms with Crippen LogP contribution in [0.4, 0.5) is 4.79 Å². The molecule has 0 saturated carbocycles. The lowest BCUT2D eigenvalue weighted by Gasteiger charge is -2.22. The number of hydrogen-bond donors (Lipinski definition) is 2. The normalized spacial score (nSPS) is 21.5. The maximum absolute atomic E-state index is 12.9. The summed E-state index contributed by atoms with van der Waals surface area (Å²) in [6, 6.07) is 4.86. The van der Waals surface area contributed by atoms with E-state index in [1.165, 1.54) is 0 Å². The molecule has 8 heteroatoms. The van der Waals surface area contributed by atoms with Crippen molar-refractivity contribution in [3.8, 4) is 11.5 Å². The zero-order valence-electron chi connectivity index (χ0n) is 17.4. The predicted molar refractivity (Wildman–Crippen MR) is 107 cm³/mol. The lowest BCUT2D eigenvalue weighted by atomic mass is 9.92. The first-order valence-corrected chi connectivity index (χ1v) is 10.00. The van der Waals surface area contributed by atoms with E-state index in [9.17, 15) is 14.4 Å². The third kappa shape index (κ3) is 4.81. The maximum atomic E-state index is 12.9. The number of benzene rings is 1. The fourth-order valence-electron chi connectivity index (χ4n) is 3.59. The van der Waals surface area contributed by atoms with Gasteiger partial charge in [-0.25, -0.2) is 4.79 Å². The summed E-state index contributed by atoms with van der Waals surface area (Å²) in [5, 5.41) is 5.60. The molecule has 2 aliphatic rings. The molecule has 1 aromatic carbocycles. The smallest absolute Gasteiger partial charge is 0.325 e. The highest BCUT2D eigenvalue weighted by Crippen LogP contribution is 2.34. The molecule has 2 heterocycles. The van der Waals surface area contributed by atoms with Gasteiger partial charge in [0.25, 0.3) is 5.91 Å². The van der Waals surface area contributed by atoms with Crippen molar-refractivity contribution in [2.45, 2.75) is 58.5 Å². The average Bonchev–Trinajstić information content (AvgIpc) is 3.18. The molecule has 3 rings (SSSR count). The summed E-state index contributed by atoms with van der Waals surface area (Å²) in [5.41, 5.74) is -0.284. The van der Waals surface area contributed by atoms with Crippen LogP contribution in [0.3, 0.4) is 0 Å². The molecule has 2 aliphatic heterocycles. The first-order valence-electron chi connectivity index (χ1n) is 10.00. The first kappa shape index (κ1) is 21.0. The fraction of sp³-hybridized carbons (Fsp3) is 0.571. The number of fused-ring (bicyclic) bond motifs is 1. The van der Waals surface area contributed by atoms with Gasteiger partial charge in [-0.05, 0) is 50.3 Å². The number of carbonyl (C=O) groups excluding carboxylic acids is 3. The van der Waals surface area contributed by atoms with Crippen LogP contribution >= 0.6 is 0 Å². The van der Waals surface area contributed by atoms with Gasteiger partial charge >= 0.3 is 6.03 Å². The average molecular weight is 403 g/mol. The van der Waals surface area contributed by atoms with Crippen LogP contribution in [0.5, 0.6) is 11.5 Å². The molecule has 0 bridgehead atoms. The number of nitrogens with zero attached hydrogens (tertiary/aromatic N) is 1. The van der Waals surface area contributed by atoms with Crippen LogP contribution in [0.1, 0.15) is 46.1 Å². The van der Waals surface area contributed by atoms with Gasteiger partial charge in [0.15, 0.2) is 11.5 Å². The Morgan fingerprint density at radius 2 is 1.93 bits per heavy atom. The molecule has 4 amide bonds. The summed E-state index contributed by atoms with van der Waals surface area (Å²) in [7, 11) is 0. The van der Waals surface area contributed by atoms with Gasteiger partial charge in [0.1, 0.15) is 12.1 Å². The molecule has 2 N–H and O–H groups in total. The molecule has 1 fully saturated rings. The lowest BCUT2D eigenvalue weighted by Crippen LogP contribution is -2.47. The molecule has 0 unspecified atom stereocenters. The molecular formula is C21H29N3O5. The van der Waals surface area contributed by atoms with Gasteiger partial charge < -0.3 is 20.1 Å². The van der Waals surface area contributed by atoms with Crippen LogP contribution in [0, 0.1) is 5.92 Å². The minimum Gasteiger partial charge on any atom is -0.454 e. The second kappa shape index (κ2) is 8.31. The number of carbonyl (C=O) groups is 3. The molecule has 2 atom stereocenters. The van der Waals surface area contributed by atoms with Gasteiger partial charge in [-0.3, -0.25) is 14.5 Å². The number of imide groups is 1. The fourth-order valence-corrected chi connectivity index (χ4v) is 3.59. The van der Waals surface area contributed by atoms with E-state index in [2.05, 4.69) is 24.5 Å². The molecule has 158 valence electrons. The van der Waals surface area contributed by atoms with Gasteiger partial charge in [0.05, 0.1) is 0 Å². The quantitative estimate of drug-likeness (QED) is 0.649. The number of ether oxygens (including phenoxy) is 2. The molecule has 0 aliphatic carbocycles. The van der Waals surface area contributed by atoms with Gasteiger partial charge in [0, 0.05) is 12.5 Å².